The lowest BCUT2D eigenvalue weighted by Crippen LogP contribution is -2.14. The molecule has 92 valence electrons. The summed E-state index contributed by atoms with van der Waals surface area (Å²) in [5, 5.41) is 1.34. The van der Waals surface area contributed by atoms with E-state index in [0.717, 1.165) is 13.0 Å². The van der Waals surface area contributed by atoms with Gasteiger partial charge < -0.3 is 14.2 Å². The summed E-state index contributed by atoms with van der Waals surface area (Å²) < 4.78 is 7.39. The Labute approximate surface area is 103 Å². The molecule has 0 aliphatic rings. The molecular weight excluding hydrogens is 212 g/mol. The van der Waals surface area contributed by atoms with Crippen LogP contribution in [-0.2, 0) is 17.9 Å². The molecule has 0 atom stereocenters. The Morgan fingerprint density at radius 2 is 2.00 bits per heavy atom. The first-order chi connectivity index (χ1) is 8.22. The lowest BCUT2D eigenvalue weighted by Gasteiger charge is -2.07. The number of methoxy groups -OCH3 is 1. The first-order valence-corrected chi connectivity index (χ1v) is 5.93. The first kappa shape index (κ1) is 12.1. The largest absolute Gasteiger partial charge is 0.364 e. The summed E-state index contributed by atoms with van der Waals surface area (Å²) in [4.78, 5) is 2.21. The minimum atomic E-state index is 0.614. The second-order valence-corrected chi connectivity index (χ2v) is 4.61. The zero-order valence-electron chi connectivity index (χ0n) is 10.8. The molecule has 3 heteroatoms. The van der Waals surface area contributed by atoms with E-state index in [-0.39, 0.29) is 0 Å². The summed E-state index contributed by atoms with van der Waals surface area (Å²) >= 11 is 0. The fourth-order valence-corrected chi connectivity index (χ4v) is 2.11. The van der Waals surface area contributed by atoms with E-state index in [4.69, 9.17) is 4.74 Å². The van der Waals surface area contributed by atoms with Crippen LogP contribution in [-0.4, -0.2) is 37.2 Å². The zero-order chi connectivity index (χ0) is 12.3. The molecule has 0 fully saturated rings. The SMILES string of the molecule is COCn1cc(CCN(C)C)c2ccccc21. The van der Waals surface area contributed by atoms with Gasteiger partial charge in [-0.2, -0.15) is 0 Å². The third kappa shape index (κ3) is 2.68. The number of fused-ring (bicyclic) bond motifs is 1. The number of hydrogen-bond acceptors (Lipinski definition) is 2. The molecule has 2 rings (SSSR count). The summed E-state index contributed by atoms with van der Waals surface area (Å²) in [6.07, 6.45) is 3.28. The fourth-order valence-electron chi connectivity index (χ4n) is 2.11. The van der Waals surface area contributed by atoms with Gasteiger partial charge in [0.05, 0.1) is 5.52 Å². The lowest BCUT2D eigenvalue weighted by atomic mass is 10.1. The molecule has 3 nitrogen and oxygen atoms in total. The summed E-state index contributed by atoms with van der Waals surface area (Å²) in [6.45, 7) is 1.68. The van der Waals surface area contributed by atoms with Gasteiger partial charge in [0, 0.05) is 25.2 Å². The van der Waals surface area contributed by atoms with Gasteiger partial charge in [0.25, 0.3) is 0 Å². The second kappa shape index (κ2) is 5.34. The predicted molar refractivity (Wildman–Crippen MR) is 71.2 cm³/mol. The summed E-state index contributed by atoms with van der Waals surface area (Å²) in [5.41, 5.74) is 2.65. The van der Waals surface area contributed by atoms with Gasteiger partial charge in [-0.1, -0.05) is 18.2 Å². The summed E-state index contributed by atoms with van der Waals surface area (Å²) in [6, 6.07) is 8.50. The highest BCUT2D eigenvalue weighted by molar-refractivity contribution is 5.83. The van der Waals surface area contributed by atoms with Crippen molar-refractivity contribution in [2.75, 3.05) is 27.7 Å². The van der Waals surface area contributed by atoms with Crippen LogP contribution in [0.2, 0.25) is 0 Å². The number of likely N-dealkylation sites (N-methyl/N-ethyl adjacent to an activating group) is 1. The fraction of sp³-hybridized carbons (Fsp3) is 0.429. The number of hydrogen-bond donors (Lipinski definition) is 0. The van der Waals surface area contributed by atoms with Gasteiger partial charge in [0.1, 0.15) is 6.73 Å². The van der Waals surface area contributed by atoms with E-state index in [9.17, 15) is 0 Å². The van der Waals surface area contributed by atoms with Gasteiger partial charge in [-0.05, 0) is 32.1 Å². The van der Waals surface area contributed by atoms with E-state index in [1.165, 1.54) is 16.5 Å². The van der Waals surface area contributed by atoms with Crippen LogP contribution in [0, 0.1) is 0 Å². The molecule has 0 radical (unpaired) electrons. The van der Waals surface area contributed by atoms with Crippen LogP contribution in [0.1, 0.15) is 5.56 Å². The Hall–Kier alpha value is -1.32. The molecule has 17 heavy (non-hydrogen) atoms. The maximum Gasteiger partial charge on any atom is 0.122 e. The van der Waals surface area contributed by atoms with Crippen molar-refractivity contribution < 1.29 is 4.74 Å². The predicted octanol–water partition coefficient (Wildman–Crippen LogP) is 2.35. The Balaban J connectivity index is 2.34. The van der Waals surface area contributed by atoms with Crippen molar-refractivity contribution >= 4 is 10.9 Å². The number of nitrogens with zero attached hydrogens (tertiary/aromatic N) is 2. The Morgan fingerprint density at radius 1 is 1.24 bits per heavy atom. The molecule has 0 unspecified atom stereocenters. The van der Waals surface area contributed by atoms with Crippen LogP contribution in [0.15, 0.2) is 30.5 Å². The highest BCUT2D eigenvalue weighted by Gasteiger charge is 2.07. The Bertz CT molecular complexity index is 488. The summed E-state index contributed by atoms with van der Waals surface area (Å²) in [5.74, 6) is 0. The smallest absolute Gasteiger partial charge is 0.122 e. The maximum atomic E-state index is 5.23. The van der Waals surface area contributed by atoms with Crippen LogP contribution in [0.4, 0.5) is 0 Å². The third-order valence-corrected chi connectivity index (χ3v) is 2.97. The number of benzene rings is 1. The quantitative estimate of drug-likeness (QED) is 0.787. The van der Waals surface area contributed by atoms with E-state index < -0.39 is 0 Å². The molecule has 0 aliphatic carbocycles. The van der Waals surface area contributed by atoms with E-state index in [0.29, 0.717) is 6.73 Å². The van der Waals surface area contributed by atoms with Crippen LogP contribution in [0.25, 0.3) is 10.9 Å². The van der Waals surface area contributed by atoms with Gasteiger partial charge in [0.15, 0.2) is 0 Å². The van der Waals surface area contributed by atoms with Crippen molar-refractivity contribution in [1.82, 2.24) is 9.47 Å². The first-order valence-electron chi connectivity index (χ1n) is 5.93. The minimum Gasteiger partial charge on any atom is -0.364 e. The van der Waals surface area contributed by atoms with Crippen molar-refractivity contribution in [3.05, 3.63) is 36.0 Å². The molecule has 0 N–H and O–H groups in total. The number of para-hydroxylation sites is 1. The van der Waals surface area contributed by atoms with Crippen LogP contribution in [0.5, 0.6) is 0 Å². The van der Waals surface area contributed by atoms with Crippen LogP contribution >= 0.6 is 0 Å². The van der Waals surface area contributed by atoms with Crippen LogP contribution in [0.3, 0.4) is 0 Å². The standard InChI is InChI=1S/C14H20N2O/c1-15(2)9-8-12-10-16(11-17-3)14-7-5-4-6-13(12)14/h4-7,10H,8-9,11H2,1-3H3. The van der Waals surface area contributed by atoms with E-state index in [1.807, 2.05) is 0 Å². The van der Waals surface area contributed by atoms with Crippen molar-refractivity contribution in [2.45, 2.75) is 13.2 Å². The van der Waals surface area contributed by atoms with E-state index in [1.54, 1.807) is 7.11 Å². The molecule has 1 aromatic carbocycles. The molecule has 0 bridgehead atoms. The molecule has 0 aliphatic heterocycles. The third-order valence-electron chi connectivity index (χ3n) is 2.97. The van der Waals surface area contributed by atoms with Gasteiger partial charge >= 0.3 is 0 Å². The van der Waals surface area contributed by atoms with Gasteiger partial charge in [-0.15, -0.1) is 0 Å². The van der Waals surface area contributed by atoms with Gasteiger partial charge in [-0.25, -0.2) is 0 Å². The maximum absolute atomic E-state index is 5.23. The van der Waals surface area contributed by atoms with Crippen molar-refractivity contribution in [1.29, 1.82) is 0 Å². The summed E-state index contributed by atoms with van der Waals surface area (Å²) in [7, 11) is 5.94. The van der Waals surface area contributed by atoms with Crippen molar-refractivity contribution in [3.63, 3.8) is 0 Å². The number of aromatic nitrogens is 1. The highest BCUT2D eigenvalue weighted by atomic mass is 16.5. The van der Waals surface area contributed by atoms with Crippen molar-refractivity contribution in [2.24, 2.45) is 0 Å². The molecule has 0 spiro atoms. The topological polar surface area (TPSA) is 17.4 Å². The Kier molecular flexibility index (Phi) is 3.82. The molecule has 0 amide bonds. The average Bonchev–Trinajstić information content (AvgIpc) is 2.66. The molecular formula is C14H20N2O. The van der Waals surface area contributed by atoms with Crippen molar-refractivity contribution in [3.8, 4) is 0 Å². The van der Waals surface area contributed by atoms with E-state index in [2.05, 4.69) is 54.0 Å². The van der Waals surface area contributed by atoms with Gasteiger partial charge in [-0.3, -0.25) is 0 Å². The molecule has 1 aromatic heterocycles. The Morgan fingerprint density at radius 3 is 2.71 bits per heavy atom. The second-order valence-electron chi connectivity index (χ2n) is 4.61. The normalized spacial score (nSPS) is 11.5. The number of ether oxygens (including phenoxy) is 1. The zero-order valence-corrected chi connectivity index (χ0v) is 10.8. The molecule has 2 aromatic rings. The lowest BCUT2D eigenvalue weighted by molar-refractivity contribution is 0.134. The van der Waals surface area contributed by atoms with E-state index >= 15 is 0 Å². The van der Waals surface area contributed by atoms with Crippen LogP contribution < -0.4 is 0 Å². The molecule has 0 saturated carbocycles. The number of rotatable bonds is 5. The highest BCUT2D eigenvalue weighted by Crippen LogP contribution is 2.21. The van der Waals surface area contributed by atoms with Gasteiger partial charge in [0.2, 0.25) is 0 Å². The molecule has 1 heterocycles. The minimum absolute atomic E-state index is 0.614. The average molecular weight is 232 g/mol. The monoisotopic (exact) mass is 232 g/mol. The molecule has 0 saturated heterocycles.